The quantitative estimate of drug-likeness (QED) is 0.155. The number of ether oxygens (including phenoxy) is 1. The first-order valence-electron chi connectivity index (χ1n) is 15.8. The number of hydrogen-bond donors (Lipinski definition) is 1. The van der Waals surface area contributed by atoms with Gasteiger partial charge in [0.2, 0.25) is 0 Å². The van der Waals surface area contributed by atoms with Gasteiger partial charge in [-0.2, -0.15) is 0 Å². The molecule has 1 aliphatic heterocycles. The number of sulfone groups is 1. The molecule has 0 saturated carbocycles. The molecule has 0 saturated heterocycles. The molecule has 0 spiro atoms. The Morgan fingerprint density at radius 2 is 1.63 bits per heavy atom. The lowest BCUT2D eigenvalue weighted by atomic mass is 9.81. The zero-order valence-corrected chi connectivity index (χ0v) is 30.2. The standard InChI is InChI=1S/C34H44BrN2O7PS/c1-5-9-20-34(6-2)24-37(27-18-14-11-15-19-27)29-21-28(35)30(22-31(29)46(40,41)25-34)42-23-32(38)36-33(26-16-12-10-13-17-26)45(39,43-7-3)44-8-4/h10-19,21-22,33H,5-9,20,23-25H2,1-4H3,(H,36,38)/t33-,34?/m0/s1. The SMILES string of the molecule is CCCCC1(CC)CN(c2ccccc2)c2cc(Br)c(OCC(=O)N[C@H](c3ccccc3)P(=O)(OCC)OCC)cc2S(=O)(=O)C1. The topological polar surface area (TPSA) is 111 Å². The number of benzene rings is 3. The second kappa shape index (κ2) is 15.9. The summed E-state index contributed by atoms with van der Waals surface area (Å²) in [7, 11) is -7.54. The molecule has 46 heavy (non-hydrogen) atoms. The highest BCUT2D eigenvalue weighted by atomic mass is 79.9. The number of nitrogens with zero attached hydrogens (tertiary/aromatic N) is 1. The molecule has 0 aliphatic carbocycles. The summed E-state index contributed by atoms with van der Waals surface area (Å²) < 4.78 is 59.5. The van der Waals surface area contributed by atoms with Gasteiger partial charge in [-0.15, -0.1) is 0 Å². The van der Waals surface area contributed by atoms with Crippen molar-refractivity contribution in [3.63, 3.8) is 0 Å². The monoisotopic (exact) mass is 734 g/mol. The summed E-state index contributed by atoms with van der Waals surface area (Å²) in [4.78, 5) is 15.5. The number of para-hydroxylation sites is 1. The molecular weight excluding hydrogens is 691 g/mol. The number of carbonyl (C=O) groups excluding carboxylic acids is 1. The predicted molar refractivity (Wildman–Crippen MR) is 186 cm³/mol. The van der Waals surface area contributed by atoms with E-state index >= 15 is 0 Å². The highest BCUT2D eigenvalue weighted by molar-refractivity contribution is 9.10. The van der Waals surface area contributed by atoms with Crippen molar-refractivity contribution in [2.45, 2.75) is 64.1 Å². The molecule has 12 heteroatoms. The van der Waals surface area contributed by atoms with Gasteiger partial charge in [0.15, 0.2) is 22.2 Å². The Morgan fingerprint density at radius 1 is 1.00 bits per heavy atom. The maximum absolute atomic E-state index is 14.1. The lowest BCUT2D eigenvalue weighted by Gasteiger charge is -2.36. The zero-order chi connectivity index (χ0) is 33.4. The number of anilines is 2. The van der Waals surface area contributed by atoms with Gasteiger partial charge in [-0.05, 0) is 66.4 Å². The molecule has 4 rings (SSSR count). The summed E-state index contributed by atoms with van der Waals surface area (Å²) in [5, 5.41) is 2.77. The van der Waals surface area contributed by atoms with Crippen LogP contribution >= 0.6 is 23.5 Å². The summed E-state index contributed by atoms with van der Waals surface area (Å²) >= 11 is 3.57. The smallest absolute Gasteiger partial charge is 0.357 e. The molecule has 3 aromatic carbocycles. The third-order valence-corrected chi connectivity index (χ3v) is 13.1. The van der Waals surface area contributed by atoms with Crippen molar-refractivity contribution in [1.29, 1.82) is 0 Å². The Labute approximate surface area is 281 Å². The Balaban J connectivity index is 1.67. The first-order chi connectivity index (χ1) is 22.0. The van der Waals surface area contributed by atoms with Crippen molar-refractivity contribution < 1.29 is 31.6 Å². The Morgan fingerprint density at radius 3 is 2.22 bits per heavy atom. The van der Waals surface area contributed by atoms with Crippen LogP contribution in [0.1, 0.15) is 64.7 Å². The van der Waals surface area contributed by atoms with E-state index in [1.807, 2.05) is 36.4 Å². The first kappa shape index (κ1) is 36.2. The van der Waals surface area contributed by atoms with Crippen molar-refractivity contribution in [2.75, 3.05) is 37.0 Å². The van der Waals surface area contributed by atoms with Crippen molar-refractivity contribution in [1.82, 2.24) is 5.32 Å². The van der Waals surface area contributed by atoms with Crippen LogP contribution in [-0.2, 0) is 28.2 Å². The van der Waals surface area contributed by atoms with E-state index in [1.54, 1.807) is 44.2 Å². The number of amides is 1. The van der Waals surface area contributed by atoms with Crippen molar-refractivity contribution in [3.05, 3.63) is 82.8 Å². The van der Waals surface area contributed by atoms with E-state index in [-0.39, 0.29) is 29.6 Å². The average molecular weight is 736 g/mol. The largest absolute Gasteiger partial charge is 0.483 e. The highest BCUT2D eigenvalue weighted by Crippen LogP contribution is 2.59. The molecule has 9 nitrogen and oxygen atoms in total. The first-order valence-corrected chi connectivity index (χ1v) is 19.8. The van der Waals surface area contributed by atoms with Crippen LogP contribution in [0.15, 0.2) is 82.2 Å². The van der Waals surface area contributed by atoms with E-state index < -0.39 is 41.1 Å². The Bertz CT molecular complexity index is 1620. The van der Waals surface area contributed by atoms with E-state index in [0.29, 0.717) is 28.7 Å². The second-order valence-corrected chi connectivity index (χ2v) is 16.4. The third kappa shape index (κ3) is 8.42. The predicted octanol–water partition coefficient (Wildman–Crippen LogP) is 8.42. The van der Waals surface area contributed by atoms with Gasteiger partial charge >= 0.3 is 7.60 Å². The van der Waals surface area contributed by atoms with E-state index in [0.717, 1.165) is 24.9 Å². The van der Waals surface area contributed by atoms with Crippen molar-refractivity contribution in [3.8, 4) is 5.75 Å². The minimum Gasteiger partial charge on any atom is -0.483 e. The number of nitrogens with one attached hydrogen (secondary N) is 1. The average Bonchev–Trinajstić information content (AvgIpc) is 3.14. The zero-order valence-electron chi connectivity index (χ0n) is 26.9. The molecule has 2 atom stereocenters. The molecule has 250 valence electrons. The van der Waals surface area contributed by atoms with Crippen molar-refractivity contribution >= 4 is 50.6 Å². The molecule has 1 unspecified atom stereocenters. The number of fused-ring (bicyclic) bond motifs is 1. The molecule has 1 heterocycles. The summed E-state index contributed by atoms with van der Waals surface area (Å²) in [6.07, 6.45) is 3.40. The van der Waals surface area contributed by atoms with Crippen LogP contribution < -0.4 is 15.0 Å². The van der Waals surface area contributed by atoms with Crippen molar-refractivity contribution in [2.24, 2.45) is 5.41 Å². The van der Waals surface area contributed by atoms with Crippen LogP contribution in [0, 0.1) is 5.41 Å². The molecule has 0 bridgehead atoms. The molecule has 0 radical (unpaired) electrons. The van der Waals surface area contributed by atoms with Gasteiger partial charge in [0.05, 0.1) is 34.0 Å². The molecule has 0 fully saturated rings. The molecule has 1 aliphatic rings. The fraction of sp³-hybridized carbons (Fsp3) is 0.441. The van der Waals surface area contributed by atoms with Gasteiger partial charge in [0.25, 0.3) is 5.91 Å². The fourth-order valence-electron chi connectivity index (χ4n) is 5.84. The summed E-state index contributed by atoms with van der Waals surface area (Å²) in [5.41, 5.74) is 1.57. The number of hydrogen-bond acceptors (Lipinski definition) is 8. The second-order valence-electron chi connectivity index (χ2n) is 11.4. The third-order valence-electron chi connectivity index (χ3n) is 8.21. The van der Waals surface area contributed by atoms with Gasteiger partial charge in [-0.25, -0.2) is 8.42 Å². The van der Waals surface area contributed by atoms with Gasteiger partial charge in [-0.1, -0.05) is 75.2 Å². The lowest BCUT2D eigenvalue weighted by molar-refractivity contribution is -0.123. The van der Waals surface area contributed by atoms with Crippen LogP contribution in [-0.4, -0.2) is 46.4 Å². The van der Waals surface area contributed by atoms with Gasteiger partial charge in [-0.3, -0.25) is 9.36 Å². The molecule has 1 N–H and O–H groups in total. The number of carbonyl (C=O) groups is 1. The van der Waals surface area contributed by atoms with Gasteiger partial charge in [0, 0.05) is 23.7 Å². The van der Waals surface area contributed by atoms with Gasteiger partial charge < -0.3 is 24.0 Å². The van der Waals surface area contributed by atoms with E-state index in [1.165, 1.54) is 6.07 Å². The van der Waals surface area contributed by atoms with E-state index in [9.17, 15) is 17.8 Å². The summed E-state index contributed by atoms with van der Waals surface area (Å²) in [6, 6.07) is 21.9. The molecule has 1 amide bonds. The number of rotatable bonds is 15. The summed E-state index contributed by atoms with van der Waals surface area (Å²) in [5.74, 6) is -1.42. The Hall–Kier alpha value is -2.69. The lowest BCUT2D eigenvalue weighted by Crippen LogP contribution is -2.37. The van der Waals surface area contributed by atoms with Crippen LogP contribution in [0.4, 0.5) is 11.4 Å². The number of unbranched alkanes of at least 4 members (excludes halogenated alkanes) is 1. The molecular formula is C34H44BrN2O7PS. The highest BCUT2D eigenvalue weighted by Gasteiger charge is 2.42. The fourth-order valence-corrected chi connectivity index (χ4v) is 10.4. The summed E-state index contributed by atoms with van der Waals surface area (Å²) in [6.45, 7) is 7.93. The van der Waals surface area contributed by atoms with Crippen LogP contribution in [0.5, 0.6) is 5.75 Å². The number of halogens is 1. The van der Waals surface area contributed by atoms with E-state index in [2.05, 4.69) is 40.0 Å². The van der Waals surface area contributed by atoms with Crippen LogP contribution in [0.25, 0.3) is 0 Å². The minimum absolute atomic E-state index is 0.0112. The van der Waals surface area contributed by atoms with E-state index in [4.69, 9.17) is 13.8 Å². The normalized spacial score (nSPS) is 18.3. The molecule has 0 aromatic heterocycles. The maximum atomic E-state index is 14.1. The van der Waals surface area contributed by atoms with Crippen LogP contribution in [0.2, 0.25) is 0 Å². The Kier molecular flexibility index (Phi) is 12.5. The minimum atomic E-state index is -3.79. The van der Waals surface area contributed by atoms with Crippen LogP contribution in [0.3, 0.4) is 0 Å². The van der Waals surface area contributed by atoms with Gasteiger partial charge in [0.1, 0.15) is 5.75 Å². The maximum Gasteiger partial charge on any atom is 0.357 e. The molecule has 3 aromatic rings.